The fourth-order valence-corrected chi connectivity index (χ4v) is 2.61. The molecular weight excluding hydrogens is 367 g/mol. The molecule has 2 N–H and O–H groups in total. The van der Waals surface area contributed by atoms with Crippen LogP contribution < -0.4 is 15.5 Å². The number of carbonyl (C=O) groups excluding carboxylic acids is 3. The number of imide groups is 1. The molecule has 4 amide bonds. The summed E-state index contributed by atoms with van der Waals surface area (Å²) in [5, 5.41) is 4.92. The molecule has 0 unspecified atom stereocenters. The van der Waals surface area contributed by atoms with Crippen molar-refractivity contribution < 1.29 is 32.0 Å². The standard InChI is InChI=1S/C17H14F3N3O4/c18-11-6-9(7-12(19)15(11)20)23-16(25)13(22-17(23)26)3-4-14(24)21-8-10-2-1-5-27-10/h1-2,5-7,13H,3-4,8H2,(H,21,24)(H,22,26)/t13-/m1/s1. The zero-order valence-electron chi connectivity index (χ0n) is 13.8. The number of nitrogens with zero attached hydrogens (tertiary/aromatic N) is 1. The molecule has 0 saturated carbocycles. The summed E-state index contributed by atoms with van der Waals surface area (Å²) in [6.07, 6.45) is 1.37. The lowest BCUT2D eigenvalue weighted by atomic mass is 10.1. The summed E-state index contributed by atoms with van der Waals surface area (Å²) in [4.78, 5) is 36.7. The van der Waals surface area contributed by atoms with E-state index in [1.807, 2.05) is 0 Å². The smallest absolute Gasteiger partial charge is 0.329 e. The second-order valence-electron chi connectivity index (χ2n) is 5.79. The Hall–Kier alpha value is -3.30. The third-order valence-electron chi connectivity index (χ3n) is 3.95. The molecular formula is C17H14F3N3O4. The number of benzene rings is 1. The summed E-state index contributed by atoms with van der Waals surface area (Å²) in [5.41, 5.74) is -0.432. The molecule has 0 radical (unpaired) electrons. The van der Waals surface area contributed by atoms with Gasteiger partial charge in [-0.1, -0.05) is 0 Å². The summed E-state index contributed by atoms with van der Waals surface area (Å²) in [6, 6.07) is 2.50. The molecule has 1 aromatic heterocycles. The summed E-state index contributed by atoms with van der Waals surface area (Å²) in [7, 11) is 0. The van der Waals surface area contributed by atoms with Crippen LogP contribution >= 0.6 is 0 Å². The van der Waals surface area contributed by atoms with Gasteiger partial charge < -0.3 is 15.1 Å². The molecule has 1 aromatic carbocycles. The molecule has 27 heavy (non-hydrogen) atoms. The first-order chi connectivity index (χ1) is 12.9. The first-order valence-corrected chi connectivity index (χ1v) is 7.95. The summed E-state index contributed by atoms with van der Waals surface area (Å²) < 4.78 is 44.8. The predicted octanol–water partition coefficient (Wildman–Crippen LogP) is 2.22. The van der Waals surface area contributed by atoms with Crippen LogP contribution in [0.1, 0.15) is 18.6 Å². The zero-order valence-corrected chi connectivity index (χ0v) is 13.8. The van der Waals surface area contributed by atoms with E-state index in [1.165, 1.54) is 6.26 Å². The molecule has 2 heterocycles. The monoisotopic (exact) mass is 381 g/mol. The fourth-order valence-electron chi connectivity index (χ4n) is 2.61. The predicted molar refractivity (Wildman–Crippen MR) is 85.9 cm³/mol. The van der Waals surface area contributed by atoms with Gasteiger partial charge in [0.2, 0.25) is 5.91 Å². The number of hydrogen-bond donors (Lipinski definition) is 2. The van der Waals surface area contributed by atoms with Gasteiger partial charge in [-0.3, -0.25) is 9.59 Å². The average molecular weight is 381 g/mol. The Balaban J connectivity index is 1.60. The number of halogens is 3. The highest BCUT2D eigenvalue weighted by molar-refractivity contribution is 6.21. The average Bonchev–Trinajstić information content (AvgIpc) is 3.23. The van der Waals surface area contributed by atoms with Gasteiger partial charge in [-0.2, -0.15) is 0 Å². The van der Waals surface area contributed by atoms with Crippen molar-refractivity contribution in [3.05, 3.63) is 53.7 Å². The highest BCUT2D eigenvalue weighted by Crippen LogP contribution is 2.25. The van der Waals surface area contributed by atoms with E-state index in [0.717, 1.165) is 0 Å². The Morgan fingerprint density at radius 1 is 1.22 bits per heavy atom. The highest BCUT2D eigenvalue weighted by atomic mass is 19.2. The van der Waals surface area contributed by atoms with E-state index in [2.05, 4.69) is 10.6 Å². The third kappa shape index (κ3) is 3.94. The van der Waals surface area contributed by atoms with Gasteiger partial charge in [0, 0.05) is 18.6 Å². The van der Waals surface area contributed by atoms with Gasteiger partial charge in [0.1, 0.15) is 11.8 Å². The van der Waals surface area contributed by atoms with Crippen molar-refractivity contribution in [2.24, 2.45) is 0 Å². The van der Waals surface area contributed by atoms with E-state index < -0.39 is 41.1 Å². The maximum absolute atomic E-state index is 13.4. The molecule has 1 aliphatic heterocycles. The quantitative estimate of drug-likeness (QED) is 0.593. The minimum absolute atomic E-state index is 0.0166. The molecule has 1 atom stereocenters. The van der Waals surface area contributed by atoms with E-state index in [-0.39, 0.29) is 25.3 Å². The van der Waals surface area contributed by atoms with Crippen molar-refractivity contribution >= 4 is 23.5 Å². The van der Waals surface area contributed by atoms with Crippen molar-refractivity contribution in [1.82, 2.24) is 10.6 Å². The second kappa shape index (κ2) is 7.52. The van der Waals surface area contributed by atoms with Crippen molar-refractivity contribution in [2.75, 3.05) is 4.90 Å². The number of urea groups is 1. The Morgan fingerprint density at radius 2 is 1.93 bits per heavy atom. The van der Waals surface area contributed by atoms with Crippen LogP contribution in [0.25, 0.3) is 0 Å². The third-order valence-corrected chi connectivity index (χ3v) is 3.95. The van der Waals surface area contributed by atoms with E-state index in [0.29, 0.717) is 22.8 Å². The second-order valence-corrected chi connectivity index (χ2v) is 5.79. The van der Waals surface area contributed by atoms with E-state index in [9.17, 15) is 27.6 Å². The van der Waals surface area contributed by atoms with E-state index >= 15 is 0 Å². The first-order valence-electron chi connectivity index (χ1n) is 7.95. The van der Waals surface area contributed by atoms with Crippen molar-refractivity contribution in [2.45, 2.75) is 25.4 Å². The van der Waals surface area contributed by atoms with Crippen LogP contribution in [0.2, 0.25) is 0 Å². The molecule has 1 saturated heterocycles. The Kier molecular flexibility index (Phi) is 5.15. The van der Waals surface area contributed by atoms with Crippen LogP contribution in [0.4, 0.5) is 23.7 Å². The van der Waals surface area contributed by atoms with E-state index in [4.69, 9.17) is 4.42 Å². The Morgan fingerprint density at radius 3 is 2.56 bits per heavy atom. The van der Waals surface area contributed by atoms with Gasteiger partial charge in [-0.05, 0) is 18.6 Å². The van der Waals surface area contributed by atoms with Crippen LogP contribution in [0.3, 0.4) is 0 Å². The van der Waals surface area contributed by atoms with Gasteiger partial charge in [-0.15, -0.1) is 0 Å². The summed E-state index contributed by atoms with van der Waals surface area (Å²) in [5.74, 6) is -5.34. The molecule has 1 fully saturated rings. The van der Waals surface area contributed by atoms with Crippen molar-refractivity contribution in [3.63, 3.8) is 0 Å². The number of nitrogens with one attached hydrogen (secondary N) is 2. The van der Waals surface area contributed by atoms with Gasteiger partial charge >= 0.3 is 6.03 Å². The van der Waals surface area contributed by atoms with Gasteiger partial charge in [0.25, 0.3) is 5.91 Å². The lowest BCUT2D eigenvalue weighted by Crippen LogP contribution is -2.32. The normalized spacial score (nSPS) is 16.6. The van der Waals surface area contributed by atoms with Crippen molar-refractivity contribution in [1.29, 1.82) is 0 Å². The van der Waals surface area contributed by atoms with Gasteiger partial charge in [-0.25, -0.2) is 22.9 Å². The molecule has 3 rings (SSSR count). The SMILES string of the molecule is O=C(CC[C@H]1NC(=O)N(c2cc(F)c(F)c(F)c2)C1=O)NCc1ccco1. The molecule has 0 bridgehead atoms. The van der Waals surface area contributed by atoms with Crippen LogP contribution in [0.5, 0.6) is 0 Å². The fraction of sp³-hybridized carbons (Fsp3) is 0.235. The molecule has 2 aromatic rings. The topological polar surface area (TPSA) is 91.7 Å². The molecule has 10 heteroatoms. The molecule has 7 nitrogen and oxygen atoms in total. The number of hydrogen-bond acceptors (Lipinski definition) is 4. The number of rotatable bonds is 6. The van der Waals surface area contributed by atoms with Crippen LogP contribution in [-0.2, 0) is 16.1 Å². The van der Waals surface area contributed by atoms with E-state index in [1.54, 1.807) is 12.1 Å². The molecule has 1 aliphatic rings. The molecule has 0 spiro atoms. The summed E-state index contributed by atoms with van der Waals surface area (Å²) >= 11 is 0. The van der Waals surface area contributed by atoms with Gasteiger partial charge in [0.05, 0.1) is 18.5 Å². The first kappa shape index (κ1) is 18.5. The largest absolute Gasteiger partial charge is 0.467 e. The number of anilines is 1. The van der Waals surface area contributed by atoms with Crippen LogP contribution in [-0.4, -0.2) is 23.9 Å². The maximum atomic E-state index is 13.4. The van der Waals surface area contributed by atoms with Crippen LogP contribution in [0.15, 0.2) is 34.9 Å². The Bertz CT molecular complexity index is 863. The molecule has 0 aliphatic carbocycles. The lowest BCUT2D eigenvalue weighted by molar-refractivity contribution is -0.122. The maximum Gasteiger partial charge on any atom is 0.329 e. The molecule has 142 valence electrons. The zero-order chi connectivity index (χ0) is 19.6. The number of furan rings is 1. The minimum Gasteiger partial charge on any atom is -0.467 e. The van der Waals surface area contributed by atoms with Crippen molar-refractivity contribution in [3.8, 4) is 0 Å². The number of carbonyl (C=O) groups is 3. The summed E-state index contributed by atoms with van der Waals surface area (Å²) in [6.45, 7) is 0.178. The Labute approximate surface area is 151 Å². The highest BCUT2D eigenvalue weighted by Gasteiger charge is 2.39. The van der Waals surface area contributed by atoms with Gasteiger partial charge in [0.15, 0.2) is 17.5 Å². The lowest BCUT2D eigenvalue weighted by Gasteiger charge is -2.13. The minimum atomic E-state index is -1.70. The number of amides is 4. The van der Waals surface area contributed by atoms with Crippen LogP contribution in [0, 0.1) is 17.5 Å².